The number of likely N-dealkylation sites (tertiary alicyclic amines) is 1. The zero-order valence-corrected chi connectivity index (χ0v) is 17.7. The van der Waals surface area contributed by atoms with Crippen molar-refractivity contribution in [3.05, 3.63) is 0 Å². The summed E-state index contributed by atoms with van der Waals surface area (Å²) in [5.74, 6) is 1.73. The first kappa shape index (κ1) is 23.0. The van der Waals surface area contributed by atoms with Gasteiger partial charge in [0.05, 0.1) is 6.04 Å². The fourth-order valence-electron chi connectivity index (χ4n) is 4.80. The van der Waals surface area contributed by atoms with E-state index in [1.807, 2.05) is 0 Å². The molecule has 0 bridgehead atoms. The highest BCUT2D eigenvalue weighted by Crippen LogP contribution is 2.33. The first-order valence-corrected chi connectivity index (χ1v) is 9.74. The van der Waals surface area contributed by atoms with Crippen molar-refractivity contribution in [2.24, 2.45) is 11.8 Å². The Balaban J connectivity index is 0.00000156. The number of fused-ring (bicyclic) bond motifs is 1. The predicted molar refractivity (Wildman–Crippen MR) is 109 cm³/mol. The van der Waals surface area contributed by atoms with Gasteiger partial charge >= 0.3 is 0 Å². The molecule has 4 nitrogen and oxygen atoms in total. The Morgan fingerprint density at radius 1 is 1.16 bits per heavy atom. The van der Waals surface area contributed by atoms with Crippen LogP contribution in [0.25, 0.3) is 0 Å². The predicted octanol–water partition coefficient (Wildman–Crippen LogP) is 3.38. The average molecular weight is 394 g/mol. The van der Waals surface area contributed by atoms with Gasteiger partial charge in [-0.05, 0) is 64.3 Å². The molecule has 1 aliphatic carbocycles. The maximum Gasteiger partial charge on any atom is 0.237 e. The lowest BCUT2D eigenvalue weighted by molar-refractivity contribution is -0.123. The van der Waals surface area contributed by atoms with Crippen molar-refractivity contribution in [3.63, 3.8) is 0 Å². The highest BCUT2D eigenvalue weighted by Gasteiger charge is 2.39. The molecule has 25 heavy (non-hydrogen) atoms. The number of hydrogen-bond acceptors (Lipinski definition) is 3. The molecule has 0 radical (unpaired) electrons. The number of halogens is 2. The van der Waals surface area contributed by atoms with Gasteiger partial charge in [0.15, 0.2) is 0 Å². The highest BCUT2D eigenvalue weighted by atomic mass is 35.5. The zero-order valence-electron chi connectivity index (χ0n) is 16.1. The van der Waals surface area contributed by atoms with Gasteiger partial charge in [-0.15, -0.1) is 24.8 Å². The number of nitrogens with one attached hydrogen (secondary N) is 2. The molecule has 2 aliphatic heterocycles. The molecule has 3 fully saturated rings. The van der Waals surface area contributed by atoms with Gasteiger partial charge < -0.3 is 10.6 Å². The second-order valence-corrected chi connectivity index (χ2v) is 8.83. The number of amides is 1. The normalized spacial score (nSPS) is 32.9. The van der Waals surface area contributed by atoms with Crippen LogP contribution >= 0.6 is 24.8 Å². The van der Waals surface area contributed by atoms with Crippen LogP contribution in [-0.4, -0.2) is 48.1 Å². The molecule has 0 aromatic heterocycles. The first-order chi connectivity index (χ1) is 11.0. The molecule has 4 atom stereocenters. The Morgan fingerprint density at radius 2 is 1.88 bits per heavy atom. The zero-order chi connectivity index (χ0) is 16.4. The maximum absolute atomic E-state index is 12.6. The van der Waals surface area contributed by atoms with Gasteiger partial charge in [0.25, 0.3) is 0 Å². The molecule has 0 spiro atoms. The highest BCUT2D eigenvalue weighted by molar-refractivity contribution is 5.85. The van der Waals surface area contributed by atoms with Crippen molar-refractivity contribution in [1.82, 2.24) is 15.5 Å². The van der Waals surface area contributed by atoms with Crippen molar-refractivity contribution < 1.29 is 4.79 Å². The number of carbonyl (C=O) groups excluding carboxylic acids is 1. The third-order valence-corrected chi connectivity index (χ3v) is 6.39. The quantitative estimate of drug-likeness (QED) is 0.769. The summed E-state index contributed by atoms with van der Waals surface area (Å²) in [4.78, 5) is 15.1. The average Bonchev–Trinajstić information content (AvgIpc) is 2.97. The largest absolute Gasteiger partial charge is 0.353 e. The number of carbonyl (C=O) groups is 1. The lowest BCUT2D eigenvalue weighted by atomic mass is 9.85. The van der Waals surface area contributed by atoms with E-state index in [4.69, 9.17) is 0 Å². The van der Waals surface area contributed by atoms with Crippen LogP contribution in [0.3, 0.4) is 0 Å². The monoisotopic (exact) mass is 393 g/mol. The van der Waals surface area contributed by atoms with Gasteiger partial charge in [-0.1, -0.05) is 19.8 Å². The third-order valence-electron chi connectivity index (χ3n) is 6.39. The van der Waals surface area contributed by atoms with Gasteiger partial charge in [0.2, 0.25) is 5.91 Å². The summed E-state index contributed by atoms with van der Waals surface area (Å²) in [6, 6.07) is 0.634. The van der Waals surface area contributed by atoms with Crippen LogP contribution in [0.4, 0.5) is 0 Å². The summed E-state index contributed by atoms with van der Waals surface area (Å²) in [6.07, 6.45) is 8.89. The van der Waals surface area contributed by atoms with Crippen LogP contribution in [0.1, 0.15) is 65.7 Å². The van der Waals surface area contributed by atoms with Gasteiger partial charge in [-0.2, -0.15) is 0 Å². The summed E-state index contributed by atoms with van der Waals surface area (Å²) in [6.45, 7) is 9.96. The molecule has 3 rings (SSSR count). The van der Waals surface area contributed by atoms with E-state index in [2.05, 4.69) is 36.3 Å². The topological polar surface area (TPSA) is 44.4 Å². The van der Waals surface area contributed by atoms with Gasteiger partial charge in [-0.3, -0.25) is 9.69 Å². The van der Waals surface area contributed by atoms with Crippen LogP contribution in [0.2, 0.25) is 0 Å². The lowest BCUT2D eigenvalue weighted by Crippen LogP contribution is -2.56. The van der Waals surface area contributed by atoms with E-state index in [1.54, 1.807) is 0 Å². The molecule has 1 amide bonds. The molecule has 2 saturated heterocycles. The molecule has 2 heterocycles. The van der Waals surface area contributed by atoms with E-state index in [1.165, 1.54) is 45.1 Å². The van der Waals surface area contributed by atoms with Crippen LogP contribution in [-0.2, 0) is 4.79 Å². The minimum Gasteiger partial charge on any atom is -0.353 e. The molecule has 4 unspecified atom stereocenters. The second-order valence-electron chi connectivity index (χ2n) is 8.83. The third kappa shape index (κ3) is 5.72. The van der Waals surface area contributed by atoms with Gasteiger partial charge in [0.1, 0.15) is 0 Å². The van der Waals surface area contributed by atoms with Crippen LogP contribution in [0, 0.1) is 11.8 Å². The first-order valence-electron chi connectivity index (χ1n) is 9.74. The van der Waals surface area contributed by atoms with E-state index in [0.717, 1.165) is 31.3 Å². The Bertz CT molecular complexity index is 419. The number of rotatable bonds is 4. The molecule has 6 heteroatoms. The summed E-state index contributed by atoms with van der Waals surface area (Å²) in [5.41, 5.74) is 0.0513. The SMILES string of the molecule is CC1CCCN(C(C)(C)CNC(=O)C2CC3CCCCC3N2)C1.Cl.Cl. The molecular formula is C19H37Cl2N3O. The van der Waals surface area contributed by atoms with E-state index >= 15 is 0 Å². The fraction of sp³-hybridized carbons (Fsp3) is 0.947. The van der Waals surface area contributed by atoms with Gasteiger partial charge in [-0.25, -0.2) is 0 Å². The summed E-state index contributed by atoms with van der Waals surface area (Å²) < 4.78 is 0. The van der Waals surface area contributed by atoms with Crippen LogP contribution in [0.5, 0.6) is 0 Å². The minimum absolute atomic E-state index is 0. The molecule has 148 valence electrons. The molecular weight excluding hydrogens is 357 g/mol. The van der Waals surface area contributed by atoms with Crippen molar-refractivity contribution in [2.45, 2.75) is 83.3 Å². The van der Waals surface area contributed by atoms with Gasteiger partial charge in [0, 0.05) is 24.7 Å². The molecule has 0 aromatic rings. The molecule has 0 aromatic carbocycles. The number of nitrogens with zero attached hydrogens (tertiary/aromatic N) is 1. The van der Waals surface area contributed by atoms with E-state index in [9.17, 15) is 4.79 Å². The number of piperidine rings is 1. The lowest BCUT2D eigenvalue weighted by Gasteiger charge is -2.43. The Labute approximate surface area is 166 Å². The summed E-state index contributed by atoms with van der Waals surface area (Å²) in [7, 11) is 0. The summed E-state index contributed by atoms with van der Waals surface area (Å²) in [5, 5.41) is 6.83. The van der Waals surface area contributed by atoms with Crippen molar-refractivity contribution >= 4 is 30.7 Å². The van der Waals surface area contributed by atoms with Crippen LogP contribution < -0.4 is 10.6 Å². The van der Waals surface area contributed by atoms with E-state index < -0.39 is 0 Å². The second kappa shape index (κ2) is 9.77. The van der Waals surface area contributed by atoms with E-state index in [-0.39, 0.29) is 42.3 Å². The van der Waals surface area contributed by atoms with Crippen molar-refractivity contribution in [1.29, 1.82) is 0 Å². The minimum atomic E-state index is 0. The maximum atomic E-state index is 12.6. The Kier molecular flexibility index (Phi) is 9.00. The smallest absolute Gasteiger partial charge is 0.237 e. The van der Waals surface area contributed by atoms with Crippen molar-refractivity contribution in [3.8, 4) is 0 Å². The standard InChI is InChI=1S/C19H35N3O.2ClH/c1-14-7-6-10-22(12-14)19(2,3)13-20-18(23)17-11-15-8-4-5-9-16(15)21-17;;/h14-17,21H,4-13H2,1-3H3,(H,20,23);2*1H. The molecule has 1 saturated carbocycles. The van der Waals surface area contributed by atoms with Crippen molar-refractivity contribution in [2.75, 3.05) is 19.6 Å². The molecule has 3 aliphatic rings. The summed E-state index contributed by atoms with van der Waals surface area (Å²) >= 11 is 0. The number of hydrogen-bond donors (Lipinski definition) is 2. The molecule has 2 N–H and O–H groups in total. The Morgan fingerprint density at radius 3 is 2.56 bits per heavy atom. The van der Waals surface area contributed by atoms with E-state index in [0.29, 0.717) is 6.04 Å². The fourth-order valence-corrected chi connectivity index (χ4v) is 4.80. The Hall–Kier alpha value is -0.0300. The van der Waals surface area contributed by atoms with Crippen LogP contribution in [0.15, 0.2) is 0 Å².